The molecule has 0 aliphatic heterocycles. The molecule has 0 aromatic heterocycles. The second-order valence-corrected chi connectivity index (χ2v) is 6.08. The Balaban J connectivity index is 1.75. The Morgan fingerprint density at radius 3 is 2.42 bits per heavy atom. The van der Waals surface area contributed by atoms with E-state index < -0.39 is 0 Å². The Hall–Kier alpha value is -2.57. The molecular formula is C18H17Cl2N3O3. The zero-order chi connectivity index (χ0) is 18.9. The van der Waals surface area contributed by atoms with E-state index in [2.05, 4.69) is 15.8 Å². The molecule has 0 spiro atoms. The number of carbonyl (C=O) groups excluding carboxylic acids is 2. The molecule has 2 rings (SSSR count). The van der Waals surface area contributed by atoms with Gasteiger partial charge in [0.1, 0.15) is 5.75 Å². The first kappa shape index (κ1) is 19.8. The number of nitrogens with one attached hydrogen (secondary N) is 2. The summed E-state index contributed by atoms with van der Waals surface area (Å²) in [7, 11) is 1.57. The molecule has 2 N–H and O–H groups in total. The molecule has 136 valence electrons. The molecule has 0 fully saturated rings. The van der Waals surface area contributed by atoms with Gasteiger partial charge in [-0.1, -0.05) is 29.3 Å². The van der Waals surface area contributed by atoms with E-state index in [0.717, 1.165) is 0 Å². The maximum Gasteiger partial charge on any atom is 0.240 e. The van der Waals surface area contributed by atoms with Crippen LogP contribution >= 0.6 is 23.2 Å². The Labute approximate surface area is 161 Å². The third-order valence-corrected chi connectivity index (χ3v) is 3.87. The summed E-state index contributed by atoms with van der Waals surface area (Å²) in [5.41, 5.74) is 3.60. The van der Waals surface area contributed by atoms with Crippen molar-refractivity contribution in [3.8, 4) is 5.75 Å². The van der Waals surface area contributed by atoms with Gasteiger partial charge in [0.2, 0.25) is 11.8 Å². The van der Waals surface area contributed by atoms with Crippen molar-refractivity contribution < 1.29 is 14.3 Å². The molecule has 8 heteroatoms. The summed E-state index contributed by atoms with van der Waals surface area (Å²) in [5.74, 6) is 0.0484. The van der Waals surface area contributed by atoms with Crippen molar-refractivity contribution in [2.24, 2.45) is 5.10 Å². The first-order valence-corrected chi connectivity index (χ1v) is 8.44. The van der Waals surface area contributed by atoms with E-state index in [1.807, 2.05) is 0 Å². The van der Waals surface area contributed by atoms with Gasteiger partial charge in [0.05, 0.1) is 18.3 Å². The van der Waals surface area contributed by atoms with E-state index in [1.54, 1.807) is 49.6 Å². The number of benzene rings is 2. The van der Waals surface area contributed by atoms with Crippen LogP contribution in [-0.2, 0) is 9.59 Å². The van der Waals surface area contributed by atoms with Crippen molar-refractivity contribution in [1.82, 2.24) is 5.43 Å². The van der Waals surface area contributed by atoms with Crippen molar-refractivity contribution in [1.29, 1.82) is 0 Å². The topological polar surface area (TPSA) is 79.8 Å². The molecule has 0 unspecified atom stereocenters. The normalized spacial score (nSPS) is 10.6. The van der Waals surface area contributed by atoms with E-state index in [4.69, 9.17) is 27.9 Å². The van der Waals surface area contributed by atoms with Crippen LogP contribution in [0.3, 0.4) is 0 Å². The van der Waals surface area contributed by atoms with Crippen molar-refractivity contribution in [2.75, 3.05) is 12.4 Å². The van der Waals surface area contributed by atoms with Gasteiger partial charge in [0, 0.05) is 29.1 Å². The first-order chi connectivity index (χ1) is 12.5. The van der Waals surface area contributed by atoms with E-state index in [-0.39, 0.29) is 24.7 Å². The minimum Gasteiger partial charge on any atom is -0.497 e. The maximum absolute atomic E-state index is 11.9. The largest absolute Gasteiger partial charge is 0.497 e. The van der Waals surface area contributed by atoms with Gasteiger partial charge in [-0.2, -0.15) is 5.10 Å². The number of carbonyl (C=O) groups is 2. The van der Waals surface area contributed by atoms with Crippen LogP contribution in [0.25, 0.3) is 0 Å². The monoisotopic (exact) mass is 393 g/mol. The van der Waals surface area contributed by atoms with Crippen LogP contribution < -0.4 is 15.5 Å². The lowest BCUT2D eigenvalue weighted by molar-refractivity contribution is -0.124. The van der Waals surface area contributed by atoms with Gasteiger partial charge in [-0.25, -0.2) is 5.43 Å². The molecule has 26 heavy (non-hydrogen) atoms. The molecule has 0 radical (unpaired) electrons. The summed E-state index contributed by atoms with van der Waals surface area (Å²) in [5, 5.41) is 7.45. The number of hydrazone groups is 1. The summed E-state index contributed by atoms with van der Waals surface area (Å²) >= 11 is 11.8. The number of ether oxygens (including phenoxy) is 1. The number of hydrogen-bond acceptors (Lipinski definition) is 4. The van der Waals surface area contributed by atoms with Crippen LogP contribution in [0.4, 0.5) is 5.69 Å². The summed E-state index contributed by atoms with van der Waals surface area (Å²) in [6.45, 7) is 0. The number of anilines is 1. The molecule has 2 aromatic carbocycles. The average molecular weight is 394 g/mol. The molecular weight excluding hydrogens is 377 g/mol. The van der Waals surface area contributed by atoms with E-state index in [0.29, 0.717) is 27.0 Å². The second kappa shape index (κ2) is 9.79. The van der Waals surface area contributed by atoms with Gasteiger partial charge < -0.3 is 10.1 Å². The SMILES string of the molecule is COc1ccc(NC(=O)CCC(=O)N/N=C\c2ccc(Cl)cc2Cl)cc1. The number of methoxy groups -OCH3 is 1. The van der Waals surface area contributed by atoms with E-state index in [1.165, 1.54) is 6.21 Å². The lowest BCUT2D eigenvalue weighted by atomic mass is 10.2. The highest BCUT2D eigenvalue weighted by molar-refractivity contribution is 6.36. The van der Waals surface area contributed by atoms with Crippen molar-refractivity contribution in [3.63, 3.8) is 0 Å². The highest BCUT2D eigenvalue weighted by Gasteiger charge is 2.07. The minimum absolute atomic E-state index is 0.00762. The molecule has 0 saturated heterocycles. The van der Waals surface area contributed by atoms with Gasteiger partial charge in [0.15, 0.2) is 0 Å². The zero-order valence-electron chi connectivity index (χ0n) is 14.0. The fourth-order valence-electron chi connectivity index (χ4n) is 1.96. The molecule has 0 bridgehead atoms. The van der Waals surface area contributed by atoms with Crippen molar-refractivity contribution >= 4 is 46.9 Å². The molecule has 2 aromatic rings. The lowest BCUT2D eigenvalue weighted by Crippen LogP contribution is -2.20. The average Bonchev–Trinajstić information content (AvgIpc) is 2.62. The molecule has 0 atom stereocenters. The third-order valence-electron chi connectivity index (χ3n) is 3.31. The van der Waals surface area contributed by atoms with E-state index in [9.17, 15) is 9.59 Å². The number of amides is 2. The first-order valence-electron chi connectivity index (χ1n) is 7.69. The van der Waals surface area contributed by atoms with Crippen LogP contribution in [0.5, 0.6) is 5.75 Å². The summed E-state index contributed by atoms with van der Waals surface area (Å²) in [6.07, 6.45) is 1.46. The van der Waals surface area contributed by atoms with Crippen molar-refractivity contribution in [3.05, 3.63) is 58.1 Å². The van der Waals surface area contributed by atoms with Gasteiger partial charge in [0.25, 0.3) is 0 Å². The highest BCUT2D eigenvalue weighted by atomic mass is 35.5. The summed E-state index contributed by atoms with van der Waals surface area (Å²) < 4.78 is 5.04. The standard InChI is InChI=1S/C18H17Cl2N3O3/c1-26-15-6-4-14(5-7-15)22-17(24)8-9-18(25)23-21-11-12-2-3-13(19)10-16(12)20/h2-7,10-11H,8-9H2,1H3,(H,22,24)(H,23,25)/b21-11-. The van der Waals surface area contributed by atoms with Crippen LogP contribution in [0.15, 0.2) is 47.6 Å². The highest BCUT2D eigenvalue weighted by Crippen LogP contribution is 2.19. The number of halogens is 2. The molecule has 0 aliphatic rings. The van der Waals surface area contributed by atoms with Crippen LogP contribution in [0, 0.1) is 0 Å². The van der Waals surface area contributed by atoms with Gasteiger partial charge in [-0.3, -0.25) is 9.59 Å². The fourth-order valence-corrected chi connectivity index (χ4v) is 2.42. The molecule has 0 aliphatic carbocycles. The van der Waals surface area contributed by atoms with Crippen molar-refractivity contribution in [2.45, 2.75) is 12.8 Å². The molecule has 2 amide bonds. The maximum atomic E-state index is 11.9. The number of hydrogen-bond donors (Lipinski definition) is 2. The zero-order valence-corrected chi connectivity index (χ0v) is 15.5. The number of rotatable bonds is 7. The Bertz CT molecular complexity index is 808. The molecule has 0 heterocycles. The smallest absolute Gasteiger partial charge is 0.240 e. The van der Waals surface area contributed by atoms with Crippen LogP contribution in [-0.4, -0.2) is 25.1 Å². The minimum atomic E-state index is -0.379. The predicted octanol–water partition coefficient (Wildman–Crippen LogP) is 3.87. The molecule has 0 saturated carbocycles. The Morgan fingerprint density at radius 2 is 1.77 bits per heavy atom. The summed E-state index contributed by atoms with van der Waals surface area (Å²) in [4.78, 5) is 23.6. The van der Waals surface area contributed by atoms with E-state index >= 15 is 0 Å². The Morgan fingerprint density at radius 1 is 1.08 bits per heavy atom. The fraction of sp³-hybridized carbons (Fsp3) is 0.167. The Kier molecular flexibility index (Phi) is 7.44. The summed E-state index contributed by atoms with van der Waals surface area (Å²) in [6, 6.07) is 11.8. The van der Waals surface area contributed by atoms with Crippen LogP contribution in [0.2, 0.25) is 10.0 Å². The van der Waals surface area contributed by atoms with Gasteiger partial charge in [-0.15, -0.1) is 0 Å². The number of nitrogens with zero attached hydrogens (tertiary/aromatic N) is 1. The van der Waals surface area contributed by atoms with Crippen LogP contribution in [0.1, 0.15) is 18.4 Å². The quantitative estimate of drug-likeness (QED) is 0.553. The lowest BCUT2D eigenvalue weighted by Gasteiger charge is -2.06. The predicted molar refractivity (Wildman–Crippen MR) is 103 cm³/mol. The molecule has 6 nitrogen and oxygen atoms in total. The third kappa shape index (κ3) is 6.38. The van der Waals surface area contributed by atoms with Gasteiger partial charge in [-0.05, 0) is 36.4 Å². The second-order valence-electron chi connectivity index (χ2n) is 5.24. The van der Waals surface area contributed by atoms with Gasteiger partial charge >= 0.3 is 0 Å².